The van der Waals surface area contributed by atoms with Crippen molar-refractivity contribution in [2.45, 2.75) is 0 Å². The molecular formula is C44H26OS. The summed E-state index contributed by atoms with van der Waals surface area (Å²) in [5.41, 5.74) is 9.32. The lowest BCUT2D eigenvalue weighted by atomic mass is 9.84. The Labute approximate surface area is 269 Å². The van der Waals surface area contributed by atoms with Gasteiger partial charge in [-0.1, -0.05) is 127 Å². The van der Waals surface area contributed by atoms with Crippen molar-refractivity contribution in [2.24, 2.45) is 0 Å². The fourth-order valence-corrected chi connectivity index (χ4v) is 8.64. The number of furan rings is 1. The van der Waals surface area contributed by atoms with E-state index in [-0.39, 0.29) is 0 Å². The van der Waals surface area contributed by atoms with Gasteiger partial charge in [0.15, 0.2) is 0 Å². The number of benzene rings is 8. The summed E-state index contributed by atoms with van der Waals surface area (Å²) in [4.78, 5) is 0. The van der Waals surface area contributed by atoms with Crippen LogP contribution >= 0.6 is 11.3 Å². The fourth-order valence-electron chi connectivity index (χ4n) is 7.52. The van der Waals surface area contributed by atoms with Crippen LogP contribution in [-0.2, 0) is 0 Å². The molecule has 0 amide bonds. The molecule has 0 aliphatic rings. The first-order valence-corrected chi connectivity index (χ1v) is 16.6. The van der Waals surface area contributed by atoms with Crippen LogP contribution in [0.25, 0.3) is 97.7 Å². The van der Waals surface area contributed by atoms with E-state index in [4.69, 9.17) is 4.42 Å². The van der Waals surface area contributed by atoms with E-state index in [1.54, 1.807) is 0 Å². The van der Waals surface area contributed by atoms with Gasteiger partial charge in [-0.25, -0.2) is 0 Å². The van der Waals surface area contributed by atoms with E-state index < -0.39 is 0 Å². The number of hydrogen-bond acceptors (Lipinski definition) is 2. The second-order valence-corrected chi connectivity index (χ2v) is 12.9. The van der Waals surface area contributed by atoms with Gasteiger partial charge in [-0.05, 0) is 89.8 Å². The highest BCUT2D eigenvalue weighted by Gasteiger charge is 2.22. The molecule has 214 valence electrons. The summed E-state index contributed by atoms with van der Waals surface area (Å²) < 4.78 is 7.87. The second-order valence-electron chi connectivity index (χ2n) is 12.0. The molecule has 10 rings (SSSR count). The first kappa shape index (κ1) is 25.6. The lowest BCUT2D eigenvalue weighted by molar-refractivity contribution is 0.669. The van der Waals surface area contributed by atoms with Crippen LogP contribution in [0, 0.1) is 0 Å². The SMILES string of the molecule is c1ccc(-c2csc3c2ccc2oc4cccc(-c5c6ccccc6c(-c6ccc7ccccc7c6)c6ccccc56)c4c23)cc1. The zero-order chi connectivity index (χ0) is 30.2. The van der Waals surface area contributed by atoms with Gasteiger partial charge in [-0.15, -0.1) is 11.3 Å². The molecule has 0 unspecified atom stereocenters. The topological polar surface area (TPSA) is 13.1 Å². The Balaban J connectivity index is 1.32. The van der Waals surface area contributed by atoms with E-state index in [1.807, 2.05) is 11.3 Å². The molecular weight excluding hydrogens is 577 g/mol. The molecule has 0 aliphatic heterocycles. The fraction of sp³-hybridized carbons (Fsp3) is 0. The molecule has 0 spiro atoms. The van der Waals surface area contributed by atoms with Crippen molar-refractivity contribution in [1.82, 2.24) is 0 Å². The van der Waals surface area contributed by atoms with Crippen molar-refractivity contribution < 1.29 is 4.42 Å². The van der Waals surface area contributed by atoms with E-state index in [1.165, 1.54) is 86.6 Å². The highest BCUT2D eigenvalue weighted by molar-refractivity contribution is 7.19. The van der Waals surface area contributed by atoms with Crippen molar-refractivity contribution in [2.75, 3.05) is 0 Å². The number of thiophene rings is 1. The van der Waals surface area contributed by atoms with Crippen LogP contribution in [0.15, 0.2) is 161 Å². The summed E-state index contributed by atoms with van der Waals surface area (Å²) >= 11 is 1.81. The average Bonchev–Trinajstić information content (AvgIpc) is 3.72. The first-order valence-electron chi connectivity index (χ1n) is 15.7. The van der Waals surface area contributed by atoms with Crippen molar-refractivity contribution in [3.63, 3.8) is 0 Å². The van der Waals surface area contributed by atoms with Crippen molar-refractivity contribution in [1.29, 1.82) is 0 Å². The van der Waals surface area contributed by atoms with E-state index in [2.05, 4.69) is 157 Å². The predicted molar refractivity (Wildman–Crippen MR) is 198 cm³/mol. The summed E-state index contributed by atoms with van der Waals surface area (Å²) in [7, 11) is 0. The molecule has 0 saturated heterocycles. The lowest BCUT2D eigenvalue weighted by Gasteiger charge is -2.18. The summed E-state index contributed by atoms with van der Waals surface area (Å²) in [6.07, 6.45) is 0. The van der Waals surface area contributed by atoms with Gasteiger partial charge < -0.3 is 4.42 Å². The molecule has 46 heavy (non-hydrogen) atoms. The molecule has 0 N–H and O–H groups in total. The van der Waals surface area contributed by atoms with Crippen LogP contribution in [0.3, 0.4) is 0 Å². The van der Waals surface area contributed by atoms with Crippen LogP contribution < -0.4 is 0 Å². The Kier molecular flexibility index (Phi) is 5.51. The lowest BCUT2D eigenvalue weighted by Crippen LogP contribution is -1.91. The molecule has 2 heteroatoms. The second kappa shape index (κ2) is 9.90. The molecule has 0 aliphatic carbocycles. The van der Waals surface area contributed by atoms with Gasteiger partial charge in [0, 0.05) is 26.4 Å². The van der Waals surface area contributed by atoms with Gasteiger partial charge in [0.2, 0.25) is 0 Å². The maximum atomic E-state index is 6.60. The molecule has 2 aromatic heterocycles. The zero-order valence-corrected chi connectivity index (χ0v) is 25.6. The highest BCUT2D eigenvalue weighted by Crippen LogP contribution is 2.49. The Morgan fingerprint density at radius 3 is 1.80 bits per heavy atom. The minimum Gasteiger partial charge on any atom is -0.456 e. The van der Waals surface area contributed by atoms with Gasteiger partial charge in [-0.3, -0.25) is 0 Å². The first-order chi connectivity index (χ1) is 22.8. The molecule has 0 fully saturated rings. The Hall–Kier alpha value is -5.70. The van der Waals surface area contributed by atoms with Crippen LogP contribution in [0.5, 0.6) is 0 Å². The van der Waals surface area contributed by atoms with Crippen LogP contribution in [0.4, 0.5) is 0 Å². The van der Waals surface area contributed by atoms with E-state index in [0.717, 1.165) is 11.2 Å². The molecule has 1 nitrogen and oxygen atoms in total. The molecule has 0 radical (unpaired) electrons. The Bertz CT molecular complexity index is 2740. The third-order valence-corrected chi connectivity index (χ3v) is 10.5. The normalized spacial score (nSPS) is 11.9. The summed E-state index contributed by atoms with van der Waals surface area (Å²) in [6, 6.07) is 54.9. The minimum atomic E-state index is 0.918. The quantitative estimate of drug-likeness (QED) is 0.183. The van der Waals surface area contributed by atoms with Crippen LogP contribution in [0.1, 0.15) is 0 Å². The van der Waals surface area contributed by atoms with Gasteiger partial charge >= 0.3 is 0 Å². The maximum absolute atomic E-state index is 6.60. The molecule has 0 saturated carbocycles. The van der Waals surface area contributed by atoms with Gasteiger partial charge in [0.05, 0.1) is 0 Å². The van der Waals surface area contributed by atoms with Gasteiger partial charge in [-0.2, -0.15) is 0 Å². The average molecular weight is 603 g/mol. The summed E-state index contributed by atoms with van der Waals surface area (Å²) in [5, 5.41) is 13.4. The van der Waals surface area contributed by atoms with E-state index >= 15 is 0 Å². The molecule has 10 aromatic rings. The largest absolute Gasteiger partial charge is 0.456 e. The minimum absolute atomic E-state index is 0.918. The molecule has 2 heterocycles. The third-order valence-electron chi connectivity index (χ3n) is 9.52. The Morgan fingerprint density at radius 1 is 0.391 bits per heavy atom. The van der Waals surface area contributed by atoms with Gasteiger partial charge in [0.1, 0.15) is 11.2 Å². The maximum Gasteiger partial charge on any atom is 0.136 e. The monoisotopic (exact) mass is 602 g/mol. The molecule has 0 bridgehead atoms. The van der Waals surface area contributed by atoms with Crippen molar-refractivity contribution in [3.8, 4) is 33.4 Å². The van der Waals surface area contributed by atoms with Crippen LogP contribution in [-0.4, -0.2) is 0 Å². The van der Waals surface area contributed by atoms with E-state index in [9.17, 15) is 0 Å². The zero-order valence-electron chi connectivity index (χ0n) is 24.8. The van der Waals surface area contributed by atoms with Crippen molar-refractivity contribution >= 4 is 75.7 Å². The molecule has 0 atom stereocenters. The number of hydrogen-bond donors (Lipinski definition) is 0. The molecule has 8 aromatic carbocycles. The Morgan fingerprint density at radius 2 is 1.04 bits per heavy atom. The standard InChI is InChI=1S/C44H26OS/c1-2-12-28(13-3-1)37-26-46-44-35(37)23-24-39-43(44)42-36(19-10-20-38(42)45-39)41-33-17-8-6-15-31(33)40(32-16-7-9-18-34(32)41)30-22-21-27-11-4-5-14-29(27)25-30/h1-26H. The predicted octanol–water partition coefficient (Wildman–Crippen LogP) is 13.3. The highest BCUT2D eigenvalue weighted by atomic mass is 32.1. The smallest absolute Gasteiger partial charge is 0.136 e. The van der Waals surface area contributed by atoms with Gasteiger partial charge in [0.25, 0.3) is 0 Å². The summed E-state index contributed by atoms with van der Waals surface area (Å²) in [5.74, 6) is 0. The van der Waals surface area contributed by atoms with Crippen molar-refractivity contribution in [3.05, 3.63) is 157 Å². The summed E-state index contributed by atoms with van der Waals surface area (Å²) in [6.45, 7) is 0. The van der Waals surface area contributed by atoms with E-state index in [0.29, 0.717) is 0 Å². The number of fused-ring (bicyclic) bond motifs is 8. The number of rotatable bonds is 3. The van der Waals surface area contributed by atoms with Crippen LogP contribution in [0.2, 0.25) is 0 Å². The third kappa shape index (κ3) is 3.68.